The van der Waals surface area contributed by atoms with Gasteiger partial charge in [-0.15, -0.1) is 6.42 Å². The van der Waals surface area contributed by atoms with Crippen LogP contribution in [0.5, 0.6) is 0 Å². The molecule has 0 heterocycles. The van der Waals surface area contributed by atoms with Crippen LogP contribution in [-0.4, -0.2) is 9.85 Å². The third kappa shape index (κ3) is 1.91. The summed E-state index contributed by atoms with van der Waals surface area (Å²) in [6.45, 7) is 1.53. The van der Waals surface area contributed by atoms with E-state index in [1.165, 1.54) is 19.1 Å². The second-order valence-electron chi connectivity index (χ2n) is 2.84. The Bertz CT molecular complexity index is 452. The van der Waals surface area contributed by atoms with E-state index in [1.54, 1.807) is 0 Å². The second-order valence-corrected chi connectivity index (χ2v) is 2.84. The zero-order chi connectivity index (χ0) is 11.6. The zero-order valence-corrected chi connectivity index (χ0v) is 7.76. The average molecular weight is 206 g/mol. The van der Waals surface area contributed by atoms with E-state index in [0.29, 0.717) is 5.56 Å². The number of hydrogen-bond donors (Lipinski definition) is 0. The molecule has 0 unspecified atom stereocenters. The van der Waals surface area contributed by atoms with Crippen molar-refractivity contribution in [2.24, 2.45) is 0 Å². The molecule has 6 heteroatoms. The van der Waals surface area contributed by atoms with Crippen LogP contribution in [0.15, 0.2) is 12.1 Å². The monoisotopic (exact) mass is 206 g/mol. The third-order valence-electron chi connectivity index (χ3n) is 1.78. The maximum Gasteiger partial charge on any atom is 0.292 e. The zero-order valence-electron chi connectivity index (χ0n) is 7.76. The molecule has 0 atom stereocenters. The number of nitrogens with zero attached hydrogens (tertiary/aromatic N) is 2. The van der Waals surface area contributed by atoms with Gasteiger partial charge >= 0.3 is 0 Å². The van der Waals surface area contributed by atoms with E-state index in [2.05, 4.69) is 0 Å². The fourth-order valence-corrected chi connectivity index (χ4v) is 1.18. The molecule has 76 valence electrons. The number of nitro benzene ring substituents is 2. The molecule has 0 aromatic heterocycles. The second kappa shape index (κ2) is 3.75. The fraction of sp³-hybridized carbons (Fsp3) is 0.111. The standard InChI is InChI=1S/C9H6N2O4/c1-3-7-8(10(12)13)4-6(2)5-9(7)11(14)15/h1,4-5H,2H3. The van der Waals surface area contributed by atoms with Crippen LogP contribution in [0, 0.1) is 39.5 Å². The molecule has 0 aliphatic heterocycles. The Kier molecular flexibility index (Phi) is 2.67. The predicted molar refractivity (Wildman–Crippen MR) is 52.4 cm³/mol. The summed E-state index contributed by atoms with van der Waals surface area (Å²) in [5.74, 6) is 1.97. The highest BCUT2D eigenvalue weighted by Gasteiger charge is 2.24. The van der Waals surface area contributed by atoms with Gasteiger partial charge < -0.3 is 0 Å². The van der Waals surface area contributed by atoms with Crippen molar-refractivity contribution in [1.29, 1.82) is 0 Å². The molecule has 0 spiro atoms. The van der Waals surface area contributed by atoms with E-state index in [9.17, 15) is 20.2 Å². The maximum absolute atomic E-state index is 10.6. The van der Waals surface area contributed by atoms with Crippen LogP contribution < -0.4 is 0 Å². The molecule has 1 aromatic rings. The van der Waals surface area contributed by atoms with Gasteiger partial charge in [0, 0.05) is 12.1 Å². The van der Waals surface area contributed by atoms with Gasteiger partial charge in [-0.2, -0.15) is 0 Å². The number of rotatable bonds is 2. The lowest BCUT2D eigenvalue weighted by Gasteiger charge is -1.99. The van der Waals surface area contributed by atoms with E-state index >= 15 is 0 Å². The summed E-state index contributed by atoms with van der Waals surface area (Å²) in [4.78, 5) is 19.7. The predicted octanol–water partition coefficient (Wildman–Crippen LogP) is 1.79. The fourth-order valence-electron chi connectivity index (χ4n) is 1.18. The summed E-state index contributed by atoms with van der Waals surface area (Å²) < 4.78 is 0. The summed E-state index contributed by atoms with van der Waals surface area (Å²) in [6, 6.07) is 2.42. The van der Waals surface area contributed by atoms with Gasteiger partial charge in [0.25, 0.3) is 11.4 Å². The van der Waals surface area contributed by atoms with Crippen molar-refractivity contribution in [2.75, 3.05) is 0 Å². The summed E-state index contributed by atoms with van der Waals surface area (Å²) in [5.41, 5.74) is -0.698. The number of terminal acetylenes is 1. The van der Waals surface area contributed by atoms with E-state index in [-0.39, 0.29) is 5.56 Å². The van der Waals surface area contributed by atoms with Gasteiger partial charge in [0.05, 0.1) is 9.85 Å². The Morgan fingerprint density at radius 3 is 1.87 bits per heavy atom. The van der Waals surface area contributed by atoms with E-state index < -0.39 is 21.2 Å². The average Bonchev–Trinajstić information content (AvgIpc) is 2.16. The van der Waals surface area contributed by atoms with Gasteiger partial charge in [0.1, 0.15) is 0 Å². The summed E-state index contributed by atoms with van der Waals surface area (Å²) in [5, 5.41) is 21.2. The van der Waals surface area contributed by atoms with Gasteiger partial charge in [0.15, 0.2) is 5.56 Å². The molecule has 0 bridgehead atoms. The molecule has 15 heavy (non-hydrogen) atoms. The first-order valence-corrected chi connectivity index (χ1v) is 3.87. The largest absolute Gasteiger partial charge is 0.292 e. The summed E-state index contributed by atoms with van der Waals surface area (Å²) in [7, 11) is 0. The minimum atomic E-state index is -0.727. The van der Waals surface area contributed by atoms with Crippen LogP contribution in [0.2, 0.25) is 0 Å². The third-order valence-corrected chi connectivity index (χ3v) is 1.78. The van der Waals surface area contributed by atoms with Crippen molar-refractivity contribution in [3.8, 4) is 12.3 Å². The maximum atomic E-state index is 10.6. The first-order valence-electron chi connectivity index (χ1n) is 3.87. The van der Waals surface area contributed by atoms with Crippen LogP contribution >= 0.6 is 0 Å². The Morgan fingerprint density at radius 1 is 1.20 bits per heavy atom. The Labute approximate surface area is 84.8 Å². The molecule has 6 nitrogen and oxygen atoms in total. The number of benzene rings is 1. The first kappa shape index (κ1) is 10.7. The van der Waals surface area contributed by atoms with Gasteiger partial charge in [-0.25, -0.2) is 0 Å². The highest BCUT2D eigenvalue weighted by atomic mass is 16.6. The van der Waals surface area contributed by atoms with Crippen molar-refractivity contribution < 1.29 is 9.85 Å². The normalized spacial score (nSPS) is 9.33. The van der Waals surface area contributed by atoms with E-state index in [0.717, 1.165) is 0 Å². The molecule has 0 N–H and O–H groups in total. The molecule has 0 aliphatic rings. The topological polar surface area (TPSA) is 86.3 Å². The summed E-state index contributed by atoms with van der Waals surface area (Å²) in [6.07, 6.45) is 5.02. The van der Waals surface area contributed by atoms with Crippen molar-refractivity contribution in [2.45, 2.75) is 6.92 Å². The molecule has 0 radical (unpaired) electrons. The molecular weight excluding hydrogens is 200 g/mol. The Morgan fingerprint density at radius 2 is 1.60 bits per heavy atom. The number of hydrogen-bond acceptors (Lipinski definition) is 4. The highest BCUT2D eigenvalue weighted by Crippen LogP contribution is 2.28. The van der Waals surface area contributed by atoms with Crippen molar-refractivity contribution >= 4 is 11.4 Å². The van der Waals surface area contributed by atoms with Crippen LogP contribution in [0.25, 0.3) is 0 Å². The molecule has 1 aromatic carbocycles. The van der Waals surface area contributed by atoms with Gasteiger partial charge in [-0.05, 0) is 12.5 Å². The number of aryl methyl sites for hydroxylation is 1. The van der Waals surface area contributed by atoms with Crippen LogP contribution in [0.4, 0.5) is 11.4 Å². The molecule has 0 aliphatic carbocycles. The summed E-state index contributed by atoms with van der Waals surface area (Å²) >= 11 is 0. The lowest BCUT2D eigenvalue weighted by Crippen LogP contribution is -1.99. The Hall–Kier alpha value is -2.42. The number of nitro groups is 2. The molecule has 0 amide bonds. The quantitative estimate of drug-likeness (QED) is 0.419. The van der Waals surface area contributed by atoms with E-state index in [4.69, 9.17) is 6.42 Å². The van der Waals surface area contributed by atoms with Crippen LogP contribution in [-0.2, 0) is 0 Å². The molecule has 0 saturated carbocycles. The molecule has 1 rings (SSSR count). The lowest BCUT2D eigenvalue weighted by molar-refractivity contribution is -0.394. The minimum absolute atomic E-state index is 0.296. The molecule has 0 saturated heterocycles. The molecule has 0 fully saturated rings. The highest BCUT2D eigenvalue weighted by molar-refractivity contribution is 5.63. The molecular formula is C9H6N2O4. The van der Waals surface area contributed by atoms with Gasteiger partial charge in [-0.1, -0.05) is 5.92 Å². The van der Waals surface area contributed by atoms with Crippen molar-refractivity contribution in [3.63, 3.8) is 0 Å². The van der Waals surface area contributed by atoms with Crippen molar-refractivity contribution in [1.82, 2.24) is 0 Å². The van der Waals surface area contributed by atoms with Gasteiger partial charge in [0.2, 0.25) is 0 Å². The first-order chi connectivity index (χ1) is 6.97. The SMILES string of the molecule is C#Cc1c([N+](=O)[O-])cc(C)cc1[N+](=O)[O-]. The van der Waals surface area contributed by atoms with Gasteiger partial charge in [-0.3, -0.25) is 20.2 Å². The van der Waals surface area contributed by atoms with E-state index in [1.807, 2.05) is 5.92 Å². The van der Waals surface area contributed by atoms with Crippen LogP contribution in [0.1, 0.15) is 11.1 Å². The minimum Gasteiger partial charge on any atom is -0.258 e. The smallest absolute Gasteiger partial charge is 0.258 e. The Balaban J connectivity index is 3.62. The lowest BCUT2D eigenvalue weighted by atomic mass is 10.1. The van der Waals surface area contributed by atoms with Crippen molar-refractivity contribution in [3.05, 3.63) is 43.5 Å². The van der Waals surface area contributed by atoms with Crippen LogP contribution in [0.3, 0.4) is 0 Å².